The van der Waals surface area contributed by atoms with E-state index < -0.39 is 0 Å². The van der Waals surface area contributed by atoms with E-state index in [2.05, 4.69) is 0 Å². The average Bonchev–Trinajstić information content (AvgIpc) is 2.78. The second kappa shape index (κ2) is 9.91. The molecule has 2 aromatic rings. The van der Waals surface area contributed by atoms with Crippen LogP contribution < -0.4 is 9.47 Å². The Morgan fingerprint density at radius 1 is 1.17 bits per heavy atom. The molecule has 1 N–H and O–H groups in total. The van der Waals surface area contributed by atoms with Gasteiger partial charge in [0.25, 0.3) is 5.91 Å². The van der Waals surface area contributed by atoms with E-state index in [-0.39, 0.29) is 23.1 Å². The molecule has 2 aromatic carbocycles. The number of piperidine rings is 1. The van der Waals surface area contributed by atoms with E-state index in [4.69, 9.17) is 9.47 Å². The van der Waals surface area contributed by atoms with Gasteiger partial charge in [0.05, 0.1) is 24.3 Å². The molecule has 7 nitrogen and oxygen atoms in total. The molecule has 30 heavy (non-hydrogen) atoms. The zero-order valence-electron chi connectivity index (χ0n) is 16.9. The fourth-order valence-electron chi connectivity index (χ4n) is 3.61. The first-order chi connectivity index (χ1) is 14.6. The predicted octanol–water partition coefficient (Wildman–Crippen LogP) is 3.35. The number of phenols is 1. The zero-order valence-corrected chi connectivity index (χ0v) is 16.9. The third-order valence-corrected chi connectivity index (χ3v) is 5.13. The summed E-state index contributed by atoms with van der Waals surface area (Å²) in [7, 11) is 0. The van der Waals surface area contributed by atoms with Gasteiger partial charge in [0.2, 0.25) is 0 Å². The molecule has 1 amide bonds. The van der Waals surface area contributed by atoms with Crippen molar-refractivity contribution in [2.75, 3.05) is 26.3 Å². The SMILES string of the molecule is CCOc1ccc(C(=O)N2CCCC(COc3cccc(O)c3C=O)C2)cc1C=O. The predicted molar refractivity (Wildman–Crippen MR) is 111 cm³/mol. The van der Waals surface area contributed by atoms with Crippen LogP contribution in [0.25, 0.3) is 0 Å². The van der Waals surface area contributed by atoms with Gasteiger partial charge in [-0.25, -0.2) is 0 Å². The highest BCUT2D eigenvalue weighted by molar-refractivity contribution is 5.96. The van der Waals surface area contributed by atoms with Crippen LogP contribution in [0.3, 0.4) is 0 Å². The molecule has 1 atom stereocenters. The lowest BCUT2D eigenvalue weighted by Gasteiger charge is -2.33. The molecule has 0 aromatic heterocycles. The van der Waals surface area contributed by atoms with Gasteiger partial charge in [-0.2, -0.15) is 0 Å². The molecule has 158 valence electrons. The van der Waals surface area contributed by atoms with Gasteiger partial charge in [-0.3, -0.25) is 14.4 Å². The highest BCUT2D eigenvalue weighted by Crippen LogP contribution is 2.27. The third-order valence-electron chi connectivity index (χ3n) is 5.13. The number of aromatic hydroxyl groups is 1. The highest BCUT2D eigenvalue weighted by Gasteiger charge is 2.26. The number of ether oxygens (including phenoxy) is 2. The number of phenolic OH excluding ortho intramolecular Hbond substituents is 1. The Morgan fingerprint density at radius 2 is 2.00 bits per heavy atom. The van der Waals surface area contributed by atoms with Crippen LogP contribution >= 0.6 is 0 Å². The Bertz CT molecular complexity index is 926. The van der Waals surface area contributed by atoms with Crippen molar-refractivity contribution in [2.24, 2.45) is 5.92 Å². The summed E-state index contributed by atoms with van der Waals surface area (Å²) < 4.78 is 11.2. The Balaban J connectivity index is 1.66. The molecule has 1 aliphatic heterocycles. The van der Waals surface area contributed by atoms with Crippen LogP contribution in [0.2, 0.25) is 0 Å². The van der Waals surface area contributed by atoms with Gasteiger partial charge in [-0.15, -0.1) is 0 Å². The molecule has 0 spiro atoms. The van der Waals surface area contributed by atoms with Crippen molar-refractivity contribution in [3.63, 3.8) is 0 Å². The summed E-state index contributed by atoms with van der Waals surface area (Å²) in [6, 6.07) is 9.56. The topological polar surface area (TPSA) is 93.1 Å². The normalized spacial score (nSPS) is 16.0. The number of benzene rings is 2. The molecule has 0 bridgehead atoms. The standard InChI is InChI=1S/C23H25NO6/c1-2-29-21-9-8-17(11-18(21)13-25)23(28)24-10-4-5-16(12-24)15-30-22-7-3-6-20(27)19(22)14-26/h3,6-9,11,13-14,16,27H,2,4-5,10,12,15H2,1H3. The summed E-state index contributed by atoms with van der Waals surface area (Å²) >= 11 is 0. The number of amides is 1. The number of rotatable bonds is 8. The monoisotopic (exact) mass is 411 g/mol. The molecule has 1 aliphatic rings. The minimum absolute atomic E-state index is 0.0952. The number of carbonyl (C=O) groups excluding carboxylic acids is 3. The van der Waals surface area contributed by atoms with Crippen molar-refractivity contribution in [3.05, 3.63) is 53.1 Å². The first-order valence-corrected chi connectivity index (χ1v) is 9.98. The van der Waals surface area contributed by atoms with E-state index in [1.807, 2.05) is 6.92 Å². The molecule has 3 rings (SSSR count). The van der Waals surface area contributed by atoms with Gasteiger partial charge >= 0.3 is 0 Å². The van der Waals surface area contributed by atoms with Crippen molar-refractivity contribution in [2.45, 2.75) is 19.8 Å². The second-order valence-corrected chi connectivity index (χ2v) is 7.18. The fraction of sp³-hybridized carbons (Fsp3) is 0.348. The molecular weight excluding hydrogens is 386 g/mol. The van der Waals surface area contributed by atoms with Crippen LogP contribution in [0.15, 0.2) is 36.4 Å². The zero-order chi connectivity index (χ0) is 21.5. The van der Waals surface area contributed by atoms with Gasteiger partial charge in [0.1, 0.15) is 17.2 Å². The Kier molecular flexibility index (Phi) is 7.06. The van der Waals surface area contributed by atoms with Crippen LogP contribution in [0.4, 0.5) is 0 Å². The van der Waals surface area contributed by atoms with Crippen LogP contribution in [-0.4, -0.2) is 54.8 Å². The smallest absolute Gasteiger partial charge is 0.253 e. The minimum atomic E-state index is -0.142. The van der Waals surface area contributed by atoms with E-state index >= 15 is 0 Å². The molecule has 1 fully saturated rings. The third kappa shape index (κ3) is 4.79. The Labute approximate surface area is 175 Å². The number of nitrogens with zero attached hydrogens (tertiary/aromatic N) is 1. The molecule has 1 saturated heterocycles. The Morgan fingerprint density at radius 3 is 2.73 bits per heavy atom. The average molecular weight is 411 g/mol. The number of hydrogen-bond donors (Lipinski definition) is 1. The summed E-state index contributed by atoms with van der Waals surface area (Å²) in [4.78, 5) is 37.2. The molecule has 1 unspecified atom stereocenters. The van der Waals surface area contributed by atoms with Crippen LogP contribution in [0.1, 0.15) is 50.8 Å². The highest BCUT2D eigenvalue weighted by atomic mass is 16.5. The number of hydrogen-bond acceptors (Lipinski definition) is 6. The molecule has 0 radical (unpaired) electrons. The van der Waals surface area contributed by atoms with E-state index in [1.165, 1.54) is 6.07 Å². The summed E-state index contributed by atoms with van der Waals surface area (Å²) in [5.74, 6) is 0.626. The molecule has 1 heterocycles. The van der Waals surface area contributed by atoms with E-state index in [1.54, 1.807) is 35.2 Å². The van der Waals surface area contributed by atoms with Crippen molar-refractivity contribution in [1.29, 1.82) is 0 Å². The van der Waals surface area contributed by atoms with Gasteiger partial charge in [0, 0.05) is 24.6 Å². The summed E-state index contributed by atoms with van der Waals surface area (Å²) in [5.41, 5.74) is 0.917. The summed E-state index contributed by atoms with van der Waals surface area (Å²) in [5, 5.41) is 9.77. The first-order valence-electron chi connectivity index (χ1n) is 9.98. The van der Waals surface area contributed by atoms with Crippen molar-refractivity contribution < 1.29 is 29.0 Å². The van der Waals surface area contributed by atoms with Crippen LogP contribution in [-0.2, 0) is 0 Å². The molecule has 0 saturated carbocycles. The number of carbonyl (C=O) groups is 3. The second-order valence-electron chi connectivity index (χ2n) is 7.18. The van der Waals surface area contributed by atoms with Crippen molar-refractivity contribution in [3.8, 4) is 17.2 Å². The lowest BCUT2D eigenvalue weighted by Crippen LogP contribution is -2.41. The van der Waals surface area contributed by atoms with Crippen LogP contribution in [0, 0.1) is 5.92 Å². The fourth-order valence-corrected chi connectivity index (χ4v) is 3.61. The van der Waals surface area contributed by atoms with Gasteiger partial charge in [-0.1, -0.05) is 6.07 Å². The maximum Gasteiger partial charge on any atom is 0.253 e. The summed E-state index contributed by atoms with van der Waals surface area (Å²) in [6.07, 6.45) is 2.98. The van der Waals surface area contributed by atoms with E-state index in [0.29, 0.717) is 61.5 Å². The largest absolute Gasteiger partial charge is 0.507 e. The lowest BCUT2D eigenvalue weighted by molar-refractivity contribution is 0.0633. The van der Waals surface area contributed by atoms with E-state index in [9.17, 15) is 19.5 Å². The van der Waals surface area contributed by atoms with Gasteiger partial charge in [-0.05, 0) is 50.1 Å². The molecule has 7 heteroatoms. The number of aldehydes is 2. The number of likely N-dealkylation sites (tertiary alicyclic amines) is 1. The lowest BCUT2D eigenvalue weighted by atomic mass is 9.98. The Hall–Kier alpha value is -3.35. The first kappa shape index (κ1) is 21.4. The summed E-state index contributed by atoms with van der Waals surface area (Å²) in [6.45, 7) is 3.74. The maximum absolute atomic E-state index is 13.0. The quantitative estimate of drug-likeness (QED) is 0.670. The van der Waals surface area contributed by atoms with E-state index in [0.717, 1.165) is 12.8 Å². The van der Waals surface area contributed by atoms with Gasteiger partial charge < -0.3 is 19.5 Å². The molecular formula is C23H25NO6. The maximum atomic E-state index is 13.0. The van der Waals surface area contributed by atoms with Crippen molar-refractivity contribution in [1.82, 2.24) is 4.90 Å². The minimum Gasteiger partial charge on any atom is -0.507 e. The van der Waals surface area contributed by atoms with Gasteiger partial charge in [0.15, 0.2) is 12.6 Å². The van der Waals surface area contributed by atoms with Crippen molar-refractivity contribution >= 4 is 18.5 Å². The molecule has 0 aliphatic carbocycles. The van der Waals surface area contributed by atoms with Crippen LogP contribution in [0.5, 0.6) is 17.2 Å².